The monoisotopic (exact) mass is 551 g/mol. The number of para-hydroxylation sites is 2. The Morgan fingerprint density at radius 3 is 2.58 bits per heavy atom. The lowest BCUT2D eigenvalue weighted by atomic mass is 10.1. The van der Waals surface area contributed by atoms with Gasteiger partial charge in [0.15, 0.2) is 5.84 Å². The van der Waals surface area contributed by atoms with Gasteiger partial charge in [-0.3, -0.25) is 10.2 Å². The van der Waals surface area contributed by atoms with Crippen molar-refractivity contribution in [3.63, 3.8) is 0 Å². The number of aliphatic imine (C=N–C) groups is 1. The third-order valence-electron chi connectivity index (χ3n) is 6.36. The highest BCUT2D eigenvalue weighted by atomic mass is 32.2. The standard InChI is InChI=1S/C30H25N5O4S/c1-37-22-10-7-11-23(17-22)38-15-14-34-18-20(24-12-5-6-13-26(24)34)16-25-28(31)35-30(32-29(25)36)40-27(33-35)19-39-21-8-3-2-4-9-21/h2-13,16-18,31H,14-15,19H2,1H3/b25-16-,31-28?. The SMILES string of the molecule is COc1cccc(OCCn2cc(/C=C3/C(=N)N4N=C(COc5ccccc5)SC4=NC3=O)c3ccccc32)c1. The fourth-order valence-corrected chi connectivity index (χ4v) is 5.23. The number of hydrazone groups is 1. The highest BCUT2D eigenvalue weighted by molar-refractivity contribution is 8.27. The van der Waals surface area contributed by atoms with Crippen molar-refractivity contribution in [2.45, 2.75) is 6.54 Å². The molecular weight excluding hydrogens is 526 g/mol. The number of nitrogens with zero attached hydrogens (tertiary/aromatic N) is 4. The lowest BCUT2D eigenvalue weighted by Gasteiger charge is -2.20. The first-order valence-corrected chi connectivity index (χ1v) is 13.4. The number of hydrogen-bond acceptors (Lipinski definition) is 7. The molecule has 3 heterocycles. The summed E-state index contributed by atoms with van der Waals surface area (Å²) in [5.41, 5.74) is 1.98. The van der Waals surface area contributed by atoms with Gasteiger partial charge in [0, 0.05) is 28.7 Å². The molecule has 0 spiro atoms. The second kappa shape index (κ2) is 11.1. The van der Waals surface area contributed by atoms with E-state index in [1.807, 2.05) is 85.1 Å². The van der Waals surface area contributed by atoms with E-state index in [4.69, 9.17) is 19.6 Å². The topological polar surface area (TPSA) is 102 Å². The Morgan fingerprint density at radius 2 is 1.73 bits per heavy atom. The Balaban J connectivity index is 1.21. The van der Waals surface area contributed by atoms with Gasteiger partial charge < -0.3 is 18.8 Å². The average Bonchev–Trinajstić information content (AvgIpc) is 3.56. The molecule has 6 rings (SSSR count). The summed E-state index contributed by atoms with van der Waals surface area (Å²) in [5.74, 6) is 1.69. The third-order valence-corrected chi connectivity index (χ3v) is 7.25. The molecule has 4 aromatic rings. The van der Waals surface area contributed by atoms with E-state index < -0.39 is 5.91 Å². The Labute approximate surface area is 234 Å². The lowest BCUT2D eigenvalue weighted by molar-refractivity contribution is -0.114. The first kappa shape index (κ1) is 25.4. The maximum Gasteiger partial charge on any atom is 0.283 e. The molecule has 0 fully saturated rings. The van der Waals surface area contributed by atoms with Gasteiger partial charge in [-0.1, -0.05) is 42.5 Å². The summed E-state index contributed by atoms with van der Waals surface area (Å²) in [6, 6.07) is 24.8. The number of nitrogens with one attached hydrogen (secondary N) is 1. The van der Waals surface area contributed by atoms with Crippen LogP contribution in [0.3, 0.4) is 0 Å². The summed E-state index contributed by atoms with van der Waals surface area (Å²) in [7, 11) is 1.62. The Hall–Kier alpha value is -4.83. The van der Waals surface area contributed by atoms with Crippen LogP contribution in [0.15, 0.2) is 101 Å². The molecule has 0 saturated carbocycles. The van der Waals surface area contributed by atoms with Crippen LogP contribution in [0.4, 0.5) is 0 Å². The minimum atomic E-state index is -0.470. The van der Waals surface area contributed by atoms with Gasteiger partial charge in [0.1, 0.15) is 35.5 Å². The van der Waals surface area contributed by atoms with Crippen molar-refractivity contribution in [3.8, 4) is 17.2 Å². The molecule has 200 valence electrons. The maximum absolute atomic E-state index is 13.0. The van der Waals surface area contributed by atoms with Gasteiger partial charge >= 0.3 is 0 Å². The van der Waals surface area contributed by atoms with Crippen LogP contribution in [0.5, 0.6) is 17.2 Å². The molecule has 1 aromatic heterocycles. The number of thioether (sulfide) groups is 1. The number of carbonyl (C=O) groups excluding carboxylic acids is 1. The van der Waals surface area contributed by atoms with E-state index in [0.29, 0.717) is 23.4 Å². The lowest BCUT2D eigenvalue weighted by Crippen LogP contribution is -2.35. The molecule has 0 unspecified atom stereocenters. The number of rotatable bonds is 9. The van der Waals surface area contributed by atoms with Crippen molar-refractivity contribution >= 4 is 50.7 Å². The van der Waals surface area contributed by atoms with Crippen molar-refractivity contribution in [1.82, 2.24) is 9.58 Å². The number of benzene rings is 3. The Kier molecular flexibility index (Phi) is 7.07. The van der Waals surface area contributed by atoms with Gasteiger partial charge in [-0.05, 0) is 48.2 Å². The van der Waals surface area contributed by atoms with Crippen molar-refractivity contribution in [2.75, 3.05) is 20.3 Å². The average molecular weight is 552 g/mol. The normalized spacial score (nSPS) is 15.7. The van der Waals surface area contributed by atoms with Crippen LogP contribution in [0, 0.1) is 5.41 Å². The van der Waals surface area contributed by atoms with Crippen LogP contribution in [0.1, 0.15) is 5.56 Å². The number of carbonyl (C=O) groups is 1. The second-order valence-corrected chi connectivity index (χ2v) is 9.98. The van der Waals surface area contributed by atoms with E-state index in [1.54, 1.807) is 13.2 Å². The number of hydrogen-bond donors (Lipinski definition) is 1. The molecule has 3 aromatic carbocycles. The smallest absolute Gasteiger partial charge is 0.283 e. The number of aromatic nitrogens is 1. The molecular formula is C30H25N5O4S. The molecule has 0 saturated heterocycles. The molecule has 0 bridgehead atoms. The van der Waals surface area contributed by atoms with Gasteiger partial charge in [0.2, 0.25) is 5.17 Å². The van der Waals surface area contributed by atoms with Crippen molar-refractivity contribution < 1.29 is 19.0 Å². The summed E-state index contributed by atoms with van der Waals surface area (Å²) in [6.45, 7) is 1.25. The molecule has 1 N–H and O–H groups in total. The highest BCUT2D eigenvalue weighted by Crippen LogP contribution is 2.30. The van der Waals surface area contributed by atoms with Crippen molar-refractivity contribution in [1.29, 1.82) is 5.41 Å². The van der Waals surface area contributed by atoms with Crippen LogP contribution in [0.25, 0.3) is 17.0 Å². The van der Waals surface area contributed by atoms with Gasteiger partial charge in [0.25, 0.3) is 5.91 Å². The zero-order valence-corrected chi connectivity index (χ0v) is 22.4. The molecule has 0 radical (unpaired) electrons. The first-order chi connectivity index (χ1) is 19.6. The van der Waals surface area contributed by atoms with Gasteiger partial charge in [-0.15, -0.1) is 0 Å². The summed E-state index contributed by atoms with van der Waals surface area (Å²) in [6.07, 6.45) is 3.68. The van der Waals surface area contributed by atoms with Crippen LogP contribution in [0.2, 0.25) is 0 Å². The fourth-order valence-electron chi connectivity index (χ4n) is 4.44. The van der Waals surface area contributed by atoms with E-state index in [-0.39, 0.29) is 18.0 Å². The number of fused-ring (bicyclic) bond motifs is 2. The number of ether oxygens (including phenoxy) is 3. The zero-order valence-electron chi connectivity index (χ0n) is 21.6. The molecule has 0 aliphatic carbocycles. The molecule has 2 aliphatic rings. The van der Waals surface area contributed by atoms with E-state index in [0.717, 1.165) is 33.7 Å². The third kappa shape index (κ3) is 5.21. The van der Waals surface area contributed by atoms with Crippen LogP contribution in [-0.4, -0.2) is 51.9 Å². The molecule has 1 amide bonds. The molecule has 40 heavy (non-hydrogen) atoms. The Morgan fingerprint density at radius 1 is 0.950 bits per heavy atom. The van der Waals surface area contributed by atoms with Gasteiger partial charge in [-0.2, -0.15) is 15.1 Å². The maximum atomic E-state index is 13.0. The van der Waals surface area contributed by atoms with E-state index in [1.165, 1.54) is 16.8 Å². The van der Waals surface area contributed by atoms with Crippen LogP contribution in [-0.2, 0) is 11.3 Å². The van der Waals surface area contributed by atoms with Crippen LogP contribution >= 0.6 is 11.8 Å². The van der Waals surface area contributed by atoms with Crippen molar-refractivity contribution in [3.05, 3.63) is 96.2 Å². The summed E-state index contributed by atoms with van der Waals surface area (Å²) in [5, 5.41) is 16.6. The minimum absolute atomic E-state index is 0.0181. The quantitative estimate of drug-likeness (QED) is 0.279. The Bertz CT molecular complexity index is 1690. The summed E-state index contributed by atoms with van der Waals surface area (Å²) < 4.78 is 19.1. The molecule has 9 nitrogen and oxygen atoms in total. The first-order valence-electron chi connectivity index (χ1n) is 12.6. The van der Waals surface area contributed by atoms with E-state index in [9.17, 15) is 4.79 Å². The highest BCUT2D eigenvalue weighted by Gasteiger charge is 2.36. The summed E-state index contributed by atoms with van der Waals surface area (Å²) >= 11 is 1.23. The van der Waals surface area contributed by atoms with Gasteiger partial charge in [0.05, 0.1) is 19.2 Å². The van der Waals surface area contributed by atoms with E-state index >= 15 is 0 Å². The minimum Gasteiger partial charge on any atom is -0.497 e. The van der Waals surface area contributed by atoms with E-state index in [2.05, 4.69) is 14.7 Å². The van der Waals surface area contributed by atoms with Gasteiger partial charge in [-0.25, -0.2) is 0 Å². The van der Waals surface area contributed by atoms with Crippen molar-refractivity contribution in [2.24, 2.45) is 10.1 Å². The zero-order chi connectivity index (χ0) is 27.5. The predicted octanol–water partition coefficient (Wildman–Crippen LogP) is 5.43. The second-order valence-electron chi connectivity index (χ2n) is 8.94. The molecule has 0 atom stereocenters. The number of amidine groups is 2. The van der Waals surface area contributed by atoms with Crippen LogP contribution < -0.4 is 14.2 Å². The predicted molar refractivity (Wildman–Crippen MR) is 157 cm³/mol. The summed E-state index contributed by atoms with van der Waals surface area (Å²) in [4.78, 5) is 17.2. The molecule has 2 aliphatic heterocycles. The number of methoxy groups -OCH3 is 1. The largest absolute Gasteiger partial charge is 0.497 e. The molecule has 10 heteroatoms. The number of amides is 1. The fraction of sp³-hybridized carbons (Fsp3) is 0.133.